The van der Waals surface area contributed by atoms with Crippen LogP contribution >= 0.6 is 15.9 Å². The number of hydrazone groups is 1. The van der Waals surface area contributed by atoms with Crippen molar-refractivity contribution in [2.45, 2.75) is 13.8 Å². The zero-order chi connectivity index (χ0) is 24.5. The quantitative estimate of drug-likeness (QED) is 0.284. The van der Waals surface area contributed by atoms with Gasteiger partial charge in [-0.2, -0.15) is 20.1 Å². The summed E-state index contributed by atoms with van der Waals surface area (Å²) < 4.78 is 17.7. The highest BCUT2D eigenvalue weighted by atomic mass is 79.9. The first-order chi connectivity index (χ1) is 17.1. The third-order valence-corrected chi connectivity index (χ3v) is 5.46. The highest BCUT2D eigenvalue weighted by molar-refractivity contribution is 9.10. The molecule has 0 bridgehead atoms. The van der Waals surface area contributed by atoms with Crippen molar-refractivity contribution in [2.75, 3.05) is 55.2 Å². The van der Waals surface area contributed by atoms with E-state index in [0.717, 1.165) is 21.5 Å². The molecule has 4 rings (SSSR count). The molecular formula is C24H28BrN7O3. The smallest absolute Gasteiger partial charge is 0.250 e. The highest BCUT2D eigenvalue weighted by Crippen LogP contribution is 2.24. The van der Waals surface area contributed by atoms with Gasteiger partial charge in [0.25, 0.3) is 0 Å². The van der Waals surface area contributed by atoms with E-state index in [4.69, 9.17) is 14.2 Å². The molecule has 35 heavy (non-hydrogen) atoms. The van der Waals surface area contributed by atoms with E-state index in [1.165, 1.54) is 0 Å². The first-order valence-corrected chi connectivity index (χ1v) is 12.2. The Morgan fingerprint density at radius 1 is 1.03 bits per heavy atom. The average molecular weight is 542 g/mol. The Bertz CT molecular complexity index is 1160. The maximum absolute atomic E-state index is 5.75. The van der Waals surface area contributed by atoms with Crippen LogP contribution in [0.3, 0.4) is 0 Å². The van der Waals surface area contributed by atoms with E-state index < -0.39 is 0 Å². The van der Waals surface area contributed by atoms with Crippen LogP contribution < -0.4 is 25.1 Å². The number of anilines is 4. The van der Waals surface area contributed by atoms with E-state index in [1.54, 1.807) is 6.21 Å². The Hall–Kier alpha value is -3.44. The number of ether oxygens (including phenoxy) is 3. The van der Waals surface area contributed by atoms with Crippen molar-refractivity contribution in [1.82, 2.24) is 15.0 Å². The molecule has 0 amide bonds. The summed E-state index contributed by atoms with van der Waals surface area (Å²) in [5, 5.41) is 7.59. The maximum atomic E-state index is 5.75. The second kappa shape index (κ2) is 12.3. The number of halogens is 1. The minimum absolute atomic E-state index is 0.319. The fourth-order valence-corrected chi connectivity index (χ4v) is 3.79. The first-order valence-electron chi connectivity index (χ1n) is 11.4. The summed E-state index contributed by atoms with van der Waals surface area (Å²) in [5.41, 5.74) is 4.59. The molecule has 3 aromatic rings. The van der Waals surface area contributed by atoms with Crippen LogP contribution in [0, 0.1) is 0 Å². The molecule has 1 aromatic heterocycles. The van der Waals surface area contributed by atoms with Gasteiger partial charge in [0, 0.05) is 34.9 Å². The number of hydrogen-bond donors (Lipinski definition) is 2. The molecule has 0 atom stereocenters. The predicted octanol–water partition coefficient (Wildman–Crippen LogP) is 4.46. The molecule has 2 N–H and O–H groups in total. The molecule has 10 nitrogen and oxygen atoms in total. The SMILES string of the molecule is CCOc1ccc(/C=N/Nc2nc(Nc3cccc(Br)c3)nc(N3CCOCC3)n2)c(OCC)c1. The Labute approximate surface area is 212 Å². The number of aromatic nitrogens is 3. The second-order valence-electron chi connectivity index (χ2n) is 7.45. The molecule has 1 aliphatic rings. The van der Waals surface area contributed by atoms with Gasteiger partial charge in [-0.25, -0.2) is 5.43 Å². The molecule has 1 fully saturated rings. The Morgan fingerprint density at radius 3 is 2.60 bits per heavy atom. The van der Waals surface area contributed by atoms with Gasteiger partial charge in [-0.05, 0) is 44.2 Å². The summed E-state index contributed by atoms with van der Waals surface area (Å²) >= 11 is 3.49. The molecule has 0 aliphatic carbocycles. The average Bonchev–Trinajstić information content (AvgIpc) is 2.86. The van der Waals surface area contributed by atoms with E-state index in [1.807, 2.05) is 56.3 Å². The van der Waals surface area contributed by atoms with Gasteiger partial charge in [-0.3, -0.25) is 0 Å². The molecule has 11 heteroatoms. The minimum atomic E-state index is 0.319. The molecule has 2 aromatic carbocycles. The van der Waals surface area contributed by atoms with Crippen LogP contribution in [0.1, 0.15) is 19.4 Å². The standard InChI is InChI=1S/C24H28BrN7O3/c1-3-34-20-9-8-17(21(15-20)35-4-2)16-26-31-23-28-22(27-19-7-5-6-18(25)14-19)29-24(30-23)32-10-12-33-13-11-32/h5-9,14-16H,3-4,10-13H2,1-2H3,(H2,27,28,29,30,31)/b26-16+. The molecule has 0 spiro atoms. The monoisotopic (exact) mass is 541 g/mol. The largest absolute Gasteiger partial charge is 0.494 e. The first kappa shape index (κ1) is 24.7. The number of rotatable bonds is 10. The van der Waals surface area contributed by atoms with Crippen molar-refractivity contribution in [3.8, 4) is 11.5 Å². The molecule has 0 saturated carbocycles. The lowest BCUT2D eigenvalue weighted by atomic mass is 10.2. The van der Waals surface area contributed by atoms with Crippen LogP contribution in [0.25, 0.3) is 0 Å². The van der Waals surface area contributed by atoms with Crippen LogP contribution in [-0.4, -0.2) is 60.7 Å². The summed E-state index contributed by atoms with van der Waals surface area (Å²) in [6, 6.07) is 13.4. The maximum Gasteiger partial charge on any atom is 0.250 e. The molecule has 1 saturated heterocycles. The summed E-state index contributed by atoms with van der Waals surface area (Å²) in [6.07, 6.45) is 1.67. The molecule has 1 aliphatic heterocycles. The summed E-state index contributed by atoms with van der Waals surface area (Å²) in [6.45, 7) is 7.65. The van der Waals surface area contributed by atoms with Crippen molar-refractivity contribution in [3.05, 3.63) is 52.5 Å². The van der Waals surface area contributed by atoms with Crippen molar-refractivity contribution in [3.63, 3.8) is 0 Å². The summed E-state index contributed by atoms with van der Waals surface area (Å²) in [5.74, 6) is 2.71. The van der Waals surface area contributed by atoms with E-state index >= 15 is 0 Å². The van der Waals surface area contributed by atoms with Gasteiger partial charge in [-0.1, -0.05) is 22.0 Å². The number of benzene rings is 2. The zero-order valence-corrected chi connectivity index (χ0v) is 21.3. The van der Waals surface area contributed by atoms with Crippen molar-refractivity contribution < 1.29 is 14.2 Å². The van der Waals surface area contributed by atoms with Crippen molar-refractivity contribution >= 4 is 45.7 Å². The predicted molar refractivity (Wildman–Crippen MR) is 140 cm³/mol. The van der Waals surface area contributed by atoms with Crippen LogP contribution in [0.2, 0.25) is 0 Å². The Kier molecular flexibility index (Phi) is 8.68. The lowest BCUT2D eigenvalue weighted by molar-refractivity contribution is 0.122. The van der Waals surface area contributed by atoms with Crippen LogP contribution in [0.4, 0.5) is 23.5 Å². The van der Waals surface area contributed by atoms with Crippen LogP contribution in [0.15, 0.2) is 52.0 Å². The number of nitrogens with zero attached hydrogens (tertiary/aromatic N) is 5. The third kappa shape index (κ3) is 7.03. The van der Waals surface area contributed by atoms with Gasteiger partial charge in [0.05, 0.1) is 32.6 Å². The van der Waals surface area contributed by atoms with Crippen LogP contribution in [0.5, 0.6) is 11.5 Å². The van der Waals surface area contributed by atoms with Gasteiger partial charge < -0.3 is 24.4 Å². The Morgan fingerprint density at radius 2 is 1.83 bits per heavy atom. The molecule has 0 radical (unpaired) electrons. The second-order valence-corrected chi connectivity index (χ2v) is 8.37. The van der Waals surface area contributed by atoms with Gasteiger partial charge in [-0.15, -0.1) is 0 Å². The van der Waals surface area contributed by atoms with E-state index in [9.17, 15) is 0 Å². The normalized spacial score (nSPS) is 13.6. The minimum Gasteiger partial charge on any atom is -0.494 e. The molecule has 2 heterocycles. The van der Waals surface area contributed by atoms with E-state index in [0.29, 0.717) is 63.1 Å². The lowest BCUT2D eigenvalue weighted by Crippen LogP contribution is -2.37. The highest BCUT2D eigenvalue weighted by Gasteiger charge is 2.17. The van der Waals surface area contributed by atoms with Crippen LogP contribution in [-0.2, 0) is 4.74 Å². The molecule has 0 unspecified atom stereocenters. The van der Waals surface area contributed by atoms with E-state index in [-0.39, 0.29) is 0 Å². The van der Waals surface area contributed by atoms with Gasteiger partial charge >= 0.3 is 0 Å². The number of morpholine rings is 1. The molecule has 184 valence electrons. The fourth-order valence-electron chi connectivity index (χ4n) is 3.39. The summed E-state index contributed by atoms with van der Waals surface area (Å²) in [4.78, 5) is 15.7. The lowest BCUT2D eigenvalue weighted by Gasteiger charge is -2.27. The van der Waals surface area contributed by atoms with Gasteiger partial charge in [0.2, 0.25) is 17.8 Å². The third-order valence-electron chi connectivity index (χ3n) is 4.96. The van der Waals surface area contributed by atoms with Crippen molar-refractivity contribution in [1.29, 1.82) is 0 Å². The molecular weight excluding hydrogens is 514 g/mol. The van der Waals surface area contributed by atoms with Crippen molar-refractivity contribution in [2.24, 2.45) is 5.10 Å². The van der Waals surface area contributed by atoms with Gasteiger partial charge in [0.1, 0.15) is 11.5 Å². The number of hydrogen-bond acceptors (Lipinski definition) is 10. The summed E-state index contributed by atoms with van der Waals surface area (Å²) in [7, 11) is 0. The zero-order valence-electron chi connectivity index (χ0n) is 19.7. The van der Waals surface area contributed by atoms with E-state index in [2.05, 4.69) is 51.6 Å². The fraction of sp³-hybridized carbons (Fsp3) is 0.333. The Balaban J connectivity index is 1.56. The van der Waals surface area contributed by atoms with Gasteiger partial charge in [0.15, 0.2) is 0 Å². The number of nitrogens with one attached hydrogen (secondary N) is 2. The topological polar surface area (TPSA) is 106 Å².